The number of aromatic carboxylic acids is 1. The van der Waals surface area contributed by atoms with Crippen LogP contribution in [-0.4, -0.2) is 22.4 Å². The van der Waals surface area contributed by atoms with Crippen LogP contribution in [0.2, 0.25) is 0 Å². The van der Waals surface area contributed by atoms with E-state index in [4.69, 9.17) is 10.8 Å². The highest BCUT2D eigenvalue weighted by Crippen LogP contribution is 2.27. The molecular formula is C8H6F4N2O3. The van der Waals surface area contributed by atoms with E-state index in [1.165, 1.54) is 0 Å². The molecule has 0 unspecified atom stereocenters. The molecule has 1 aromatic rings. The van der Waals surface area contributed by atoms with E-state index in [0.717, 1.165) is 0 Å². The number of ether oxygens (including phenoxy) is 1. The van der Waals surface area contributed by atoms with Crippen LogP contribution in [0, 0.1) is 5.82 Å². The number of carboxylic acid groups (broad SMARTS) is 1. The molecule has 0 bridgehead atoms. The van der Waals surface area contributed by atoms with Crippen LogP contribution in [-0.2, 0) is 6.54 Å². The summed E-state index contributed by atoms with van der Waals surface area (Å²) in [7, 11) is 0. The third-order valence-corrected chi connectivity index (χ3v) is 1.72. The third kappa shape index (κ3) is 3.03. The van der Waals surface area contributed by atoms with Crippen molar-refractivity contribution < 1.29 is 32.2 Å². The Morgan fingerprint density at radius 3 is 2.53 bits per heavy atom. The second-order valence-electron chi connectivity index (χ2n) is 2.82. The molecule has 1 rings (SSSR count). The molecule has 5 nitrogen and oxygen atoms in total. The summed E-state index contributed by atoms with van der Waals surface area (Å²) in [6.07, 6.45) is -4.74. The van der Waals surface area contributed by atoms with Gasteiger partial charge in [0, 0.05) is 12.1 Å². The molecule has 17 heavy (non-hydrogen) atoms. The Bertz CT molecular complexity index is 447. The van der Waals surface area contributed by atoms with Crippen molar-refractivity contribution in [3.05, 3.63) is 23.1 Å². The Hall–Kier alpha value is -1.90. The quantitative estimate of drug-likeness (QED) is 0.793. The normalized spacial score (nSPS) is 11.4. The number of hydrogen-bond acceptors (Lipinski definition) is 4. The molecule has 0 saturated heterocycles. The van der Waals surface area contributed by atoms with Gasteiger partial charge in [0.05, 0.1) is 6.20 Å². The van der Waals surface area contributed by atoms with E-state index in [1.54, 1.807) is 0 Å². The van der Waals surface area contributed by atoms with Crippen LogP contribution in [0.1, 0.15) is 15.9 Å². The molecule has 0 amide bonds. The van der Waals surface area contributed by atoms with Crippen LogP contribution in [0.4, 0.5) is 17.6 Å². The van der Waals surface area contributed by atoms with Crippen LogP contribution in [0.15, 0.2) is 6.20 Å². The summed E-state index contributed by atoms with van der Waals surface area (Å²) >= 11 is 0. The number of halogens is 4. The molecule has 3 N–H and O–H groups in total. The zero-order valence-corrected chi connectivity index (χ0v) is 8.08. The van der Waals surface area contributed by atoms with Gasteiger partial charge in [0.1, 0.15) is 5.56 Å². The average Bonchev–Trinajstić information content (AvgIpc) is 2.17. The van der Waals surface area contributed by atoms with Crippen LogP contribution in [0.5, 0.6) is 5.88 Å². The number of carbonyl (C=O) groups is 1. The summed E-state index contributed by atoms with van der Waals surface area (Å²) in [5.74, 6) is -4.11. The lowest BCUT2D eigenvalue weighted by Crippen LogP contribution is -2.21. The van der Waals surface area contributed by atoms with Crippen molar-refractivity contribution in [3.63, 3.8) is 0 Å². The van der Waals surface area contributed by atoms with Gasteiger partial charge in [0.15, 0.2) is 5.82 Å². The largest absolute Gasteiger partial charge is 0.574 e. The number of alkyl halides is 3. The number of pyridine rings is 1. The Morgan fingerprint density at radius 2 is 2.12 bits per heavy atom. The molecule has 0 radical (unpaired) electrons. The fourth-order valence-electron chi connectivity index (χ4n) is 1.13. The van der Waals surface area contributed by atoms with Gasteiger partial charge in [-0.25, -0.2) is 14.2 Å². The lowest BCUT2D eigenvalue weighted by atomic mass is 10.1. The first kappa shape index (κ1) is 13.2. The van der Waals surface area contributed by atoms with Gasteiger partial charge in [-0.05, 0) is 0 Å². The van der Waals surface area contributed by atoms with Gasteiger partial charge in [-0.2, -0.15) is 0 Å². The van der Waals surface area contributed by atoms with E-state index in [2.05, 4.69) is 9.72 Å². The van der Waals surface area contributed by atoms with Gasteiger partial charge >= 0.3 is 12.3 Å². The summed E-state index contributed by atoms with van der Waals surface area (Å²) in [4.78, 5) is 13.7. The highest BCUT2D eigenvalue weighted by Gasteiger charge is 2.34. The molecule has 1 heterocycles. The van der Waals surface area contributed by atoms with Gasteiger partial charge in [-0.15, -0.1) is 13.2 Å². The maximum atomic E-state index is 13.1. The van der Waals surface area contributed by atoms with Crippen molar-refractivity contribution in [1.82, 2.24) is 4.98 Å². The van der Waals surface area contributed by atoms with Crippen molar-refractivity contribution >= 4 is 5.97 Å². The van der Waals surface area contributed by atoms with Gasteiger partial charge in [0.25, 0.3) is 0 Å². The number of hydrogen-bond donors (Lipinski definition) is 2. The number of nitrogens with two attached hydrogens (primary N) is 1. The molecule has 0 aromatic carbocycles. The van der Waals surface area contributed by atoms with Crippen LogP contribution >= 0.6 is 0 Å². The summed E-state index contributed by atoms with van der Waals surface area (Å²) < 4.78 is 52.4. The Morgan fingerprint density at radius 1 is 1.53 bits per heavy atom. The molecule has 94 valence electrons. The summed E-state index contributed by atoms with van der Waals surface area (Å²) in [6, 6.07) is 0. The van der Waals surface area contributed by atoms with Crippen LogP contribution < -0.4 is 10.5 Å². The first-order valence-electron chi connectivity index (χ1n) is 4.12. The molecule has 1 aromatic heterocycles. The highest BCUT2D eigenvalue weighted by atomic mass is 19.4. The smallest absolute Gasteiger partial charge is 0.478 e. The molecule has 0 atom stereocenters. The molecule has 0 fully saturated rings. The zero-order chi connectivity index (χ0) is 13.2. The predicted molar refractivity (Wildman–Crippen MR) is 45.7 cm³/mol. The van der Waals surface area contributed by atoms with Gasteiger partial charge in [-0.1, -0.05) is 0 Å². The van der Waals surface area contributed by atoms with Crippen LogP contribution in [0.25, 0.3) is 0 Å². The second kappa shape index (κ2) is 4.53. The van der Waals surface area contributed by atoms with Crippen molar-refractivity contribution in [2.75, 3.05) is 0 Å². The Balaban J connectivity index is 3.33. The van der Waals surface area contributed by atoms with E-state index < -0.39 is 41.7 Å². The van der Waals surface area contributed by atoms with E-state index in [9.17, 15) is 22.4 Å². The van der Waals surface area contributed by atoms with E-state index in [1.807, 2.05) is 0 Å². The molecule has 9 heteroatoms. The molecule has 0 aliphatic heterocycles. The molecule has 0 saturated carbocycles. The first-order valence-corrected chi connectivity index (χ1v) is 4.12. The standard InChI is InChI=1S/C8H6F4N2O3/c9-4-2-14-6(17-8(10,11)12)3(1-13)5(4)7(15)16/h2H,1,13H2,(H,15,16). The van der Waals surface area contributed by atoms with Gasteiger partial charge < -0.3 is 15.6 Å². The topological polar surface area (TPSA) is 85.4 Å². The molecule has 0 aliphatic carbocycles. The van der Waals surface area contributed by atoms with Crippen molar-refractivity contribution in [3.8, 4) is 5.88 Å². The lowest BCUT2D eigenvalue weighted by molar-refractivity contribution is -0.276. The minimum Gasteiger partial charge on any atom is -0.478 e. The van der Waals surface area contributed by atoms with E-state index in [0.29, 0.717) is 6.20 Å². The highest BCUT2D eigenvalue weighted by molar-refractivity contribution is 5.90. The number of nitrogens with zero attached hydrogens (tertiary/aromatic N) is 1. The Kier molecular flexibility index (Phi) is 3.51. The summed E-state index contributed by atoms with van der Waals surface area (Å²) in [5, 5.41) is 8.64. The van der Waals surface area contributed by atoms with Crippen molar-refractivity contribution in [1.29, 1.82) is 0 Å². The first-order chi connectivity index (χ1) is 7.76. The van der Waals surface area contributed by atoms with Crippen molar-refractivity contribution in [2.45, 2.75) is 12.9 Å². The van der Waals surface area contributed by atoms with Gasteiger partial charge in [-0.3, -0.25) is 0 Å². The zero-order valence-electron chi connectivity index (χ0n) is 8.08. The molecule has 0 aliphatic rings. The SMILES string of the molecule is NCc1c(OC(F)(F)F)ncc(F)c1C(=O)O. The number of aromatic nitrogens is 1. The fraction of sp³-hybridized carbons (Fsp3) is 0.250. The fourth-order valence-corrected chi connectivity index (χ4v) is 1.13. The maximum Gasteiger partial charge on any atom is 0.574 e. The molecule has 0 spiro atoms. The van der Waals surface area contributed by atoms with E-state index in [-0.39, 0.29) is 0 Å². The lowest BCUT2D eigenvalue weighted by Gasteiger charge is -2.13. The minimum absolute atomic E-state index is 0.323. The monoisotopic (exact) mass is 254 g/mol. The number of rotatable bonds is 3. The van der Waals surface area contributed by atoms with Gasteiger partial charge in [0.2, 0.25) is 5.88 Å². The Labute approximate surface area is 91.8 Å². The number of carboxylic acids is 1. The van der Waals surface area contributed by atoms with Crippen molar-refractivity contribution in [2.24, 2.45) is 5.73 Å². The predicted octanol–water partition coefficient (Wildman–Crippen LogP) is 1.28. The average molecular weight is 254 g/mol. The third-order valence-electron chi connectivity index (χ3n) is 1.72. The summed E-state index contributed by atoms with van der Waals surface area (Å²) in [5.41, 5.74) is 3.42. The molecular weight excluding hydrogens is 248 g/mol. The minimum atomic E-state index is -5.06. The summed E-state index contributed by atoms with van der Waals surface area (Å²) in [6.45, 7) is -0.655. The van der Waals surface area contributed by atoms with E-state index >= 15 is 0 Å². The second-order valence-corrected chi connectivity index (χ2v) is 2.82. The maximum absolute atomic E-state index is 13.1. The van der Waals surface area contributed by atoms with Crippen LogP contribution in [0.3, 0.4) is 0 Å².